The van der Waals surface area contributed by atoms with Crippen molar-refractivity contribution >= 4 is 39.1 Å². The van der Waals surface area contributed by atoms with Gasteiger partial charge in [0.1, 0.15) is 17.2 Å². The van der Waals surface area contributed by atoms with Crippen LogP contribution in [0, 0.1) is 5.82 Å². The van der Waals surface area contributed by atoms with Crippen molar-refractivity contribution in [3.05, 3.63) is 64.0 Å². The molecule has 1 saturated carbocycles. The Balaban J connectivity index is 1.34. The van der Waals surface area contributed by atoms with Crippen LogP contribution in [-0.2, 0) is 17.6 Å². The normalized spacial score (nSPS) is 14.7. The standard InChI is InChI=1S/C21H17ClFN5O2S/c22-12-3-1-2-11(8-12)13-4-5-14-20(19(13)23)31-18(25-14)10-17-28-27-16(30-17)9-15(29)26-21(24)6-7-21/h1-5,8H,6-7,9-10,24H2,(H,26,29). The first-order chi connectivity index (χ1) is 14.9. The SMILES string of the molecule is NC1(NC(=O)Cc2nnc(Cc3nc4ccc(-c5cccc(Cl)c5)c(F)c4s3)o2)CC1. The maximum atomic E-state index is 15.1. The maximum absolute atomic E-state index is 15.1. The van der Waals surface area contributed by atoms with Crippen LogP contribution in [0.15, 0.2) is 40.8 Å². The summed E-state index contributed by atoms with van der Waals surface area (Å²) in [6.07, 6.45) is 1.74. The van der Waals surface area contributed by atoms with Gasteiger partial charge < -0.3 is 15.5 Å². The molecule has 0 atom stereocenters. The molecule has 0 aliphatic heterocycles. The lowest BCUT2D eigenvalue weighted by Gasteiger charge is -2.09. The molecule has 1 aliphatic rings. The minimum absolute atomic E-state index is 0.0383. The van der Waals surface area contributed by atoms with Crippen molar-refractivity contribution in [2.75, 3.05) is 0 Å². The van der Waals surface area contributed by atoms with Gasteiger partial charge in [-0.3, -0.25) is 4.79 Å². The van der Waals surface area contributed by atoms with Crippen molar-refractivity contribution in [3.8, 4) is 11.1 Å². The van der Waals surface area contributed by atoms with Crippen LogP contribution in [0.5, 0.6) is 0 Å². The summed E-state index contributed by atoms with van der Waals surface area (Å²) in [6.45, 7) is 0. The van der Waals surface area contributed by atoms with E-state index in [0.717, 1.165) is 12.8 Å². The monoisotopic (exact) mass is 457 g/mol. The quantitative estimate of drug-likeness (QED) is 0.426. The minimum atomic E-state index is -0.588. The molecule has 2 aromatic heterocycles. The third-order valence-electron chi connectivity index (χ3n) is 4.98. The number of nitrogens with one attached hydrogen (secondary N) is 1. The van der Waals surface area contributed by atoms with Gasteiger partial charge in [0.15, 0.2) is 0 Å². The number of aromatic nitrogens is 3. The summed E-state index contributed by atoms with van der Waals surface area (Å²) in [4.78, 5) is 16.5. The number of carbonyl (C=O) groups is 1. The topological polar surface area (TPSA) is 107 Å². The zero-order valence-corrected chi connectivity index (χ0v) is 17.8. The van der Waals surface area contributed by atoms with Crippen LogP contribution in [-0.4, -0.2) is 26.8 Å². The van der Waals surface area contributed by atoms with Crippen LogP contribution in [0.3, 0.4) is 0 Å². The van der Waals surface area contributed by atoms with Gasteiger partial charge in [-0.1, -0.05) is 23.7 Å². The van der Waals surface area contributed by atoms with Crippen molar-refractivity contribution in [2.45, 2.75) is 31.3 Å². The van der Waals surface area contributed by atoms with E-state index < -0.39 is 5.66 Å². The smallest absolute Gasteiger partial charge is 0.230 e. The molecule has 0 bridgehead atoms. The summed E-state index contributed by atoms with van der Waals surface area (Å²) in [5.74, 6) is -0.0912. The lowest BCUT2D eigenvalue weighted by Crippen LogP contribution is -2.44. The Kier molecular flexibility index (Phi) is 4.96. The van der Waals surface area contributed by atoms with E-state index >= 15 is 4.39 Å². The van der Waals surface area contributed by atoms with Crippen molar-refractivity contribution in [2.24, 2.45) is 5.73 Å². The fourth-order valence-electron chi connectivity index (χ4n) is 3.24. The molecule has 3 N–H and O–H groups in total. The largest absolute Gasteiger partial charge is 0.424 e. The van der Waals surface area contributed by atoms with Crippen LogP contribution >= 0.6 is 22.9 Å². The highest BCUT2D eigenvalue weighted by Crippen LogP contribution is 2.34. The van der Waals surface area contributed by atoms with E-state index in [2.05, 4.69) is 20.5 Å². The molecule has 7 nitrogen and oxygen atoms in total. The van der Waals surface area contributed by atoms with Crippen LogP contribution in [0.4, 0.5) is 4.39 Å². The summed E-state index contributed by atoms with van der Waals surface area (Å²) >= 11 is 7.27. The number of halogens is 2. The van der Waals surface area contributed by atoms with Crippen LogP contribution in [0.1, 0.15) is 29.6 Å². The van der Waals surface area contributed by atoms with Gasteiger partial charge in [0.05, 0.1) is 22.3 Å². The summed E-state index contributed by atoms with van der Waals surface area (Å²) in [5, 5.41) is 11.8. The summed E-state index contributed by atoms with van der Waals surface area (Å²) in [5.41, 5.74) is 7.00. The number of rotatable bonds is 6. The van der Waals surface area contributed by atoms with Gasteiger partial charge in [-0.2, -0.15) is 0 Å². The Hall–Kier alpha value is -2.88. The van der Waals surface area contributed by atoms with E-state index in [1.54, 1.807) is 30.3 Å². The molecule has 2 heterocycles. The summed E-state index contributed by atoms with van der Waals surface area (Å²) in [7, 11) is 0. The Morgan fingerprint density at radius 1 is 1.26 bits per heavy atom. The third kappa shape index (κ3) is 4.30. The van der Waals surface area contributed by atoms with Gasteiger partial charge in [0.2, 0.25) is 17.7 Å². The predicted molar refractivity (Wildman–Crippen MR) is 115 cm³/mol. The molecule has 1 amide bonds. The molecule has 0 radical (unpaired) electrons. The zero-order valence-electron chi connectivity index (χ0n) is 16.2. The number of nitrogens with zero attached hydrogens (tertiary/aromatic N) is 3. The first-order valence-electron chi connectivity index (χ1n) is 9.64. The predicted octanol–water partition coefficient (Wildman–Crippen LogP) is 3.84. The molecule has 4 aromatic rings. The average Bonchev–Trinajstić information content (AvgIpc) is 3.11. The lowest BCUT2D eigenvalue weighted by atomic mass is 10.1. The Morgan fingerprint density at radius 3 is 2.84 bits per heavy atom. The highest BCUT2D eigenvalue weighted by Gasteiger charge is 2.39. The molecule has 2 aromatic carbocycles. The van der Waals surface area contributed by atoms with Gasteiger partial charge in [0, 0.05) is 10.6 Å². The lowest BCUT2D eigenvalue weighted by molar-refractivity contribution is -0.121. The number of fused-ring (bicyclic) bond motifs is 1. The van der Waals surface area contributed by atoms with Gasteiger partial charge in [0.25, 0.3) is 0 Å². The van der Waals surface area contributed by atoms with Crippen LogP contribution < -0.4 is 11.1 Å². The fraction of sp³-hybridized carbons (Fsp3) is 0.238. The fourth-order valence-corrected chi connectivity index (χ4v) is 4.42. The van der Waals surface area contributed by atoms with Crippen LogP contribution in [0.25, 0.3) is 21.3 Å². The van der Waals surface area contributed by atoms with E-state index in [9.17, 15) is 4.79 Å². The number of thiazole rings is 1. The molecular weight excluding hydrogens is 441 g/mol. The minimum Gasteiger partial charge on any atom is -0.424 e. The number of amides is 1. The maximum Gasteiger partial charge on any atom is 0.230 e. The van der Waals surface area contributed by atoms with Gasteiger partial charge in [-0.15, -0.1) is 21.5 Å². The average molecular weight is 458 g/mol. The molecule has 0 unspecified atom stereocenters. The number of benzene rings is 2. The van der Waals surface area contributed by atoms with E-state index in [1.807, 2.05) is 6.07 Å². The van der Waals surface area contributed by atoms with Gasteiger partial charge >= 0.3 is 0 Å². The van der Waals surface area contributed by atoms with Crippen molar-refractivity contribution in [1.82, 2.24) is 20.5 Å². The molecule has 1 aliphatic carbocycles. The molecule has 10 heteroatoms. The van der Waals surface area contributed by atoms with Crippen molar-refractivity contribution < 1.29 is 13.6 Å². The zero-order chi connectivity index (χ0) is 21.6. The van der Waals surface area contributed by atoms with Gasteiger partial charge in [-0.25, -0.2) is 9.37 Å². The molecule has 0 saturated heterocycles. The molecule has 1 fully saturated rings. The van der Waals surface area contributed by atoms with E-state index in [4.69, 9.17) is 21.8 Å². The molecule has 5 rings (SSSR count). The number of nitrogens with two attached hydrogens (primary N) is 1. The Labute approximate surface area is 185 Å². The van der Waals surface area contributed by atoms with E-state index in [-0.39, 0.29) is 30.5 Å². The Bertz CT molecular complexity index is 1300. The van der Waals surface area contributed by atoms with Crippen molar-refractivity contribution in [3.63, 3.8) is 0 Å². The summed E-state index contributed by atoms with van der Waals surface area (Å²) < 4.78 is 21.2. The molecule has 158 valence electrons. The van der Waals surface area contributed by atoms with Crippen molar-refractivity contribution in [1.29, 1.82) is 0 Å². The van der Waals surface area contributed by atoms with Crippen LogP contribution in [0.2, 0.25) is 5.02 Å². The highest BCUT2D eigenvalue weighted by molar-refractivity contribution is 7.18. The Morgan fingerprint density at radius 2 is 2.06 bits per heavy atom. The number of carbonyl (C=O) groups excluding carboxylic acids is 1. The molecule has 0 spiro atoms. The van der Waals surface area contributed by atoms with Gasteiger partial charge in [-0.05, 0) is 42.7 Å². The third-order valence-corrected chi connectivity index (χ3v) is 6.28. The second-order valence-corrected chi connectivity index (χ2v) is 9.06. The first kappa shape index (κ1) is 20.0. The molecule has 31 heavy (non-hydrogen) atoms. The molecular formula is C21H17ClFN5O2S. The number of hydrogen-bond donors (Lipinski definition) is 2. The first-order valence-corrected chi connectivity index (χ1v) is 10.8. The number of hydrogen-bond acceptors (Lipinski definition) is 7. The second-order valence-electron chi connectivity index (χ2n) is 7.54. The summed E-state index contributed by atoms with van der Waals surface area (Å²) in [6, 6.07) is 10.5. The second kappa shape index (κ2) is 7.67. The van der Waals surface area contributed by atoms with E-state index in [0.29, 0.717) is 37.3 Å². The van der Waals surface area contributed by atoms with E-state index in [1.165, 1.54) is 11.3 Å². The highest BCUT2D eigenvalue weighted by atomic mass is 35.5.